The number of hydrogen-bond donors (Lipinski definition) is 3. The molecule has 0 aliphatic heterocycles. The molecule has 0 rings (SSSR count). The van der Waals surface area contributed by atoms with E-state index in [0.717, 1.165) is 0 Å². The number of hydrogen-bond acceptors (Lipinski definition) is 4. The van der Waals surface area contributed by atoms with Crippen LogP contribution < -0.4 is 9.60 Å². The first kappa shape index (κ1) is 17.8. The van der Waals surface area contributed by atoms with Crippen LogP contribution in [0.3, 0.4) is 0 Å². The third-order valence-electron chi connectivity index (χ3n) is 0.210. The third kappa shape index (κ3) is 18.1. The second-order valence-electron chi connectivity index (χ2n) is 1.04. The van der Waals surface area contributed by atoms with Crippen LogP contribution in [0.2, 0.25) is 0 Å². The molecule has 0 aromatic heterocycles. The van der Waals surface area contributed by atoms with Crippen molar-refractivity contribution in [2.24, 2.45) is 0 Å². The molecule has 64 valence electrons. The predicted octanol–water partition coefficient (Wildman–Crippen LogP) is -4.44. The molecule has 0 amide bonds. The molecule has 0 aliphatic carbocycles. The molecular formula is H3FO7P2Zn. The molecule has 0 saturated carbocycles. The Bertz CT molecular complexity index is 157. The van der Waals surface area contributed by atoms with Gasteiger partial charge in [-0.1, -0.05) is 0 Å². The van der Waals surface area contributed by atoms with Gasteiger partial charge in [-0.3, -0.25) is 4.57 Å². The Kier molecular flexibility index (Phi) is 8.82. The largest absolute Gasteiger partial charge is 2.00 e. The van der Waals surface area contributed by atoms with Crippen molar-refractivity contribution in [3.63, 3.8) is 0 Å². The van der Waals surface area contributed by atoms with Crippen LogP contribution in [0.4, 0.5) is 0 Å². The minimum atomic E-state index is -5.30. The summed E-state index contributed by atoms with van der Waals surface area (Å²) in [6.45, 7) is 0. The average Bonchev–Trinajstić information content (AvgIpc) is 1.14. The van der Waals surface area contributed by atoms with Crippen LogP contribution >= 0.6 is 15.6 Å². The summed E-state index contributed by atoms with van der Waals surface area (Å²) in [6.07, 6.45) is 0. The Hall–Kier alpha value is 0.813. The van der Waals surface area contributed by atoms with E-state index in [1.807, 2.05) is 0 Å². The van der Waals surface area contributed by atoms with Gasteiger partial charge < -0.3 is 24.3 Å². The topological polar surface area (TPSA) is 127 Å². The zero-order valence-electron chi connectivity index (χ0n) is 4.95. The van der Waals surface area contributed by atoms with Crippen molar-refractivity contribution in [2.45, 2.75) is 0 Å². The maximum Gasteiger partial charge on any atom is 2.00 e. The van der Waals surface area contributed by atoms with Crippen LogP contribution in [-0.4, -0.2) is 14.7 Å². The Balaban J connectivity index is -0.000000320. The van der Waals surface area contributed by atoms with Gasteiger partial charge in [0.15, 0.2) is 0 Å². The third-order valence-corrected chi connectivity index (χ3v) is 1.89. The van der Waals surface area contributed by atoms with Crippen LogP contribution in [0, 0.1) is 0 Å². The van der Waals surface area contributed by atoms with E-state index in [9.17, 15) is 14.0 Å². The van der Waals surface area contributed by atoms with Crippen LogP contribution in [-0.2, 0) is 32.9 Å². The number of halogens is 1. The Labute approximate surface area is 73.4 Å². The Morgan fingerprint density at radius 3 is 1.45 bits per heavy atom. The van der Waals surface area contributed by atoms with E-state index in [1.54, 1.807) is 0 Å². The van der Waals surface area contributed by atoms with Crippen molar-refractivity contribution in [1.29, 1.82) is 0 Å². The molecule has 7 nitrogen and oxygen atoms in total. The first-order valence-corrected chi connectivity index (χ1v) is 4.54. The zero-order valence-corrected chi connectivity index (χ0v) is 9.71. The van der Waals surface area contributed by atoms with Crippen molar-refractivity contribution in [1.82, 2.24) is 0 Å². The quantitative estimate of drug-likeness (QED) is 0.338. The normalized spacial score (nSPS) is 15.6. The first-order valence-electron chi connectivity index (χ1n) is 1.51. The van der Waals surface area contributed by atoms with Gasteiger partial charge in [0.1, 0.15) is 0 Å². The minimum absolute atomic E-state index is 0. The molecule has 0 heterocycles. The molecule has 0 aromatic rings. The molecule has 1 unspecified atom stereocenters. The van der Waals surface area contributed by atoms with Crippen LogP contribution in [0.15, 0.2) is 0 Å². The maximum absolute atomic E-state index is 9.59. The van der Waals surface area contributed by atoms with Gasteiger partial charge in [0.2, 0.25) is 0 Å². The van der Waals surface area contributed by atoms with E-state index >= 15 is 0 Å². The van der Waals surface area contributed by atoms with Gasteiger partial charge in [-0.25, -0.2) is 8.88 Å². The molecule has 11 heavy (non-hydrogen) atoms. The van der Waals surface area contributed by atoms with Crippen molar-refractivity contribution >= 4 is 15.6 Å². The summed E-state index contributed by atoms with van der Waals surface area (Å²) in [7, 11) is -10.4. The van der Waals surface area contributed by atoms with Crippen molar-refractivity contribution in [2.75, 3.05) is 0 Å². The van der Waals surface area contributed by atoms with Gasteiger partial charge in [-0.05, 0) is 0 Å². The molecule has 3 N–H and O–H groups in total. The fourth-order valence-electron chi connectivity index (χ4n) is 0.134. The summed E-state index contributed by atoms with van der Waals surface area (Å²) < 4.78 is 21.9. The van der Waals surface area contributed by atoms with Crippen molar-refractivity contribution in [3.05, 3.63) is 0 Å². The van der Waals surface area contributed by atoms with E-state index in [-0.39, 0.29) is 24.2 Å². The number of rotatable bonds is 2. The van der Waals surface area contributed by atoms with Gasteiger partial charge in [-0.15, -0.1) is 0 Å². The molecule has 0 aromatic carbocycles. The summed E-state index contributed by atoms with van der Waals surface area (Å²) in [5.74, 6) is 0. The summed E-state index contributed by atoms with van der Waals surface area (Å²) >= 11 is 0. The summed E-state index contributed by atoms with van der Waals surface area (Å²) in [4.78, 5) is 32.6. The van der Waals surface area contributed by atoms with E-state index in [1.165, 1.54) is 0 Å². The van der Waals surface area contributed by atoms with Crippen molar-refractivity contribution < 1.29 is 57.2 Å². The van der Waals surface area contributed by atoms with Gasteiger partial charge in [0.25, 0.3) is 7.82 Å². The summed E-state index contributed by atoms with van der Waals surface area (Å²) in [6, 6.07) is 0. The summed E-state index contributed by atoms with van der Waals surface area (Å²) in [5.41, 5.74) is 0. The maximum atomic E-state index is 9.59. The van der Waals surface area contributed by atoms with E-state index in [0.29, 0.717) is 0 Å². The fourth-order valence-corrected chi connectivity index (χ4v) is 1.21. The van der Waals surface area contributed by atoms with Gasteiger partial charge >= 0.3 is 27.3 Å². The molecule has 0 bridgehead atoms. The fraction of sp³-hybridized carbons (Fsp3) is 0. The summed E-state index contributed by atoms with van der Waals surface area (Å²) in [5, 5.41) is 0. The smallest absolute Gasteiger partial charge is 1.00 e. The van der Waals surface area contributed by atoms with Crippen LogP contribution in [0.25, 0.3) is 0 Å². The Morgan fingerprint density at radius 1 is 1.18 bits per heavy atom. The van der Waals surface area contributed by atoms with Crippen LogP contribution in [0.1, 0.15) is 0 Å². The van der Waals surface area contributed by atoms with E-state index in [2.05, 4.69) is 4.31 Å². The minimum Gasteiger partial charge on any atom is -1.00 e. The molecule has 0 saturated heterocycles. The molecule has 0 fully saturated rings. The standard InChI is InChI=1S/FH.H4O7P2.Zn/c;1-8(2,3)7-9(4,5)6;/h1H;(H2,1,2,3)(H2,4,5,6);/q;;+2/p-2. The van der Waals surface area contributed by atoms with Gasteiger partial charge in [0.05, 0.1) is 0 Å². The molecule has 0 aliphatic rings. The monoisotopic (exact) mass is 260 g/mol. The molecule has 0 radical (unpaired) electrons. The van der Waals surface area contributed by atoms with Crippen molar-refractivity contribution in [3.8, 4) is 0 Å². The molecular weight excluding hydrogens is 258 g/mol. The van der Waals surface area contributed by atoms with E-state index in [4.69, 9.17) is 14.7 Å². The zero-order chi connectivity index (χ0) is 7.71. The second kappa shape index (κ2) is 5.46. The van der Waals surface area contributed by atoms with Gasteiger partial charge in [0, 0.05) is 0 Å². The van der Waals surface area contributed by atoms with Gasteiger partial charge in [-0.2, -0.15) is 0 Å². The molecule has 0 spiro atoms. The predicted molar refractivity (Wildman–Crippen MR) is 23.0 cm³/mol. The van der Waals surface area contributed by atoms with Crippen LogP contribution in [0.5, 0.6) is 0 Å². The molecule has 1 atom stereocenters. The number of phosphoric acid groups is 2. The second-order valence-corrected chi connectivity index (χ2v) is 3.61. The molecule has 11 heteroatoms. The Morgan fingerprint density at radius 2 is 1.45 bits per heavy atom. The SMILES string of the molecule is O=P([O-])(O)OP(=O)(O)O.[F-].[Zn+2]. The average molecular weight is 261 g/mol. The van der Waals surface area contributed by atoms with E-state index < -0.39 is 15.6 Å². The first-order chi connectivity index (χ1) is 3.71.